The number of anilines is 1. The number of likely N-dealkylation sites (tertiary alicyclic amines) is 1. The fourth-order valence-electron chi connectivity index (χ4n) is 6.07. The van der Waals surface area contributed by atoms with Gasteiger partial charge in [-0.05, 0) is 72.4 Å². The Labute approximate surface area is 244 Å². The van der Waals surface area contributed by atoms with E-state index in [1.807, 2.05) is 94.5 Å². The van der Waals surface area contributed by atoms with E-state index in [1.165, 1.54) is 5.56 Å². The molecule has 0 atom stereocenters. The first kappa shape index (κ1) is 25.8. The summed E-state index contributed by atoms with van der Waals surface area (Å²) < 4.78 is 3.96. The summed E-state index contributed by atoms with van der Waals surface area (Å²) in [5.74, 6) is 0.371. The van der Waals surface area contributed by atoms with Crippen LogP contribution in [0.15, 0.2) is 116 Å². The highest BCUT2D eigenvalue weighted by molar-refractivity contribution is 6.03. The first-order valence-corrected chi connectivity index (χ1v) is 14.4. The molecule has 3 aromatic carbocycles. The van der Waals surface area contributed by atoms with Crippen LogP contribution in [0.3, 0.4) is 0 Å². The number of nitrogens with zero attached hydrogens (tertiary/aromatic N) is 4. The van der Waals surface area contributed by atoms with Gasteiger partial charge in [0, 0.05) is 25.0 Å². The average molecular weight is 554 g/mol. The summed E-state index contributed by atoms with van der Waals surface area (Å²) >= 11 is 0. The van der Waals surface area contributed by atoms with Gasteiger partial charge in [0.25, 0.3) is 5.91 Å². The highest BCUT2D eigenvalue weighted by Gasteiger charge is 2.27. The number of rotatable bonds is 6. The lowest BCUT2D eigenvalue weighted by molar-refractivity contribution is -0.116. The maximum absolute atomic E-state index is 13.7. The molecule has 42 heavy (non-hydrogen) atoms. The van der Waals surface area contributed by atoms with E-state index in [2.05, 4.69) is 39.0 Å². The van der Waals surface area contributed by atoms with E-state index in [0.717, 1.165) is 51.9 Å². The molecule has 0 bridgehead atoms. The van der Waals surface area contributed by atoms with Crippen LogP contribution in [0.1, 0.15) is 34.7 Å². The highest BCUT2D eigenvalue weighted by atomic mass is 16.2. The topological polar surface area (TPSA) is 71.6 Å². The largest absolute Gasteiger partial charge is 0.339 e. The van der Waals surface area contributed by atoms with Crippen LogP contribution in [0.4, 0.5) is 5.69 Å². The zero-order valence-electron chi connectivity index (χ0n) is 23.2. The Morgan fingerprint density at radius 2 is 1.52 bits per heavy atom. The third-order valence-electron chi connectivity index (χ3n) is 8.27. The summed E-state index contributed by atoms with van der Waals surface area (Å²) in [6, 6.07) is 34.1. The van der Waals surface area contributed by atoms with Crippen molar-refractivity contribution >= 4 is 34.1 Å². The Bertz CT molecular complexity index is 1880. The molecule has 4 heterocycles. The summed E-state index contributed by atoms with van der Waals surface area (Å²) in [6.07, 6.45) is 5.53. The molecule has 0 unspecified atom stereocenters. The quantitative estimate of drug-likeness (QED) is 0.252. The number of hydrogen-bond acceptors (Lipinski definition) is 3. The number of carbonyl (C=O) groups excluding carboxylic acids is 2. The molecular formula is C35H31N5O2. The number of pyridine rings is 1. The molecule has 7 nitrogen and oxygen atoms in total. The SMILES string of the molecule is O=C(Cn1cnc2ccccc21)Nc1ccc(C2CCN(C(=O)c3cc(-c4ccccc4)n4ccccc34)CC2)cc1. The van der Waals surface area contributed by atoms with Crippen molar-refractivity contribution in [3.63, 3.8) is 0 Å². The van der Waals surface area contributed by atoms with Gasteiger partial charge >= 0.3 is 0 Å². The summed E-state index contributed by atoms with van der Waals surface area (Å²) in [5.41, 5.74) is 7.62. The van der Waals surface area contributed by atoms with Gasteiger partial charge in [0.05, 0.1) is 34.1 Å². The smallest absolute Gasteiger partial charge is 0.256 e. The maximum Gasteiger partial charge on any atom is 0.256 e. The zero-order chi connectivity index (χ0) is 28.5. The molecule has 7 rings (SSSR count). The van der Waals surface area contributed by atoms with E-state index in [9.17, 15) is 9.59 Å². The number of imidazole rings is 1. The Morgan fingerprint density at radius 1 is 0.810 bits per heavy atom. The van der Waals surface area contributed by atoms with Gasteiger partial charge in [0.1, 0.15) is 6.54 Å². The lowest BCUT2D eigenvalue weighted by Gasteiger charge is -2.32. The third-order valence-corrected chi connectivity index (χ3v) is 8.27. The third kappa shape index (κ3) is 4.94. The number of benzene rings is 3. The molecule has 7 heteroatoms. The van der Waals surface area contributed by atoms with Crippen molar-refractivity contribution in [3.05, 3.63) is 127 Å². The number of carbonyl (C=O) groups is 2. The van der Waals surface area contributed by atoms with Crippen molar-refractivity contribution in [2.24, 2.45) is 0 Å². The molecule has 0 spiro atoms. The van der Waals surface area contributed by atoms with Crippen molar-refractivity contribution in [2.75, 3.05) is 18.4 Å². The Balaban J connectivity index is 0.988. The molecule has 0 aliphatic carbocycles. The second-order valence-corrected chi connectivity index (χ2v) is 10.9. The second kappa shape index (κ2) is 11.0. The number of para-hydroxylation sites is 2. The zero-order valence-corrected chi connectivity index (χ0v) is 23.2. The van der Waals surface area contributed by atoms with Crippen LogP contribution in [-0.2, 0) is 11.3 Å². The Kier molecular flexibility index (Phi) is 6.76. The molecule has 208 valence electrons. The maximum atomic E-state index is 13.7. The first-order chi connectivity index (χ1) is 20.6. The number of aromatic nitrogens is 3. The molecular weight excluding hydrogens is 522 g/mol. The number of hydrogen-bond donors (Lipinski definition) is 1. The molecule has 1 N–H and O–H groups in total. The van der Waals surface area contributed by atoms with E-state index in [4.69, 9.17) is 0 Å². The van der Waals surface area contributed by atoms with Crippen molar-refractivity contribution in [3.8, 4) is 11.3 Å². The summed E-state index contributed by atoms with van der Waals surface area (Å²) in [5, 5.41) is 3.00. The average Bonchev–Trinajstić information content (AvgIpc) is 3.63. The minimum atomic E-state index is -0.0913. The molecule has 1 aliphatic heterocycles. The summed E-state index contributed by atoms with van der Waals surface area (Å²) in [7, 11) is 0. The highest BCUT2D eigenvalue weighted by Crippen LogP contribution is 2.32. The predicted molar refractivity (Wildman–Crippen MR) is 166 cm³/mol. The second-order valence-electron chi connectivity index (χ2n) is 10.9. The monoisotopic (exact) mass is 553 g/mol. The molecule has 3 aromatic heterocycles. The molecule has 1 fully saturated rings. The number of amides is 2. The van der Waals surface area contributed by atoms with Crippen LogP contribution in [-0.4, -0.2) is 43.8 Å². The first-order valence-electron chi connectivity index (χ1n) is 14.4. The number of piperidine rings is 1. The fraction of sp³-hybridized carbons (Fsp3) is 0.171. The minimum Gasteiger partial charge on any atom is -0.339 e. The van der Waals surface area contributed by atoms with Crippen molar-refractivity contribution in [1.82, 2.24) is 18.9 Å². The van der Waals surface area contributed by atoms with Gasteiger partial charge < -0.3 is 19.2 Å². The molecule has 6 aromatic rings. The Morgan fingerprint density at radius 3 is 2.33 bits per heavy atom. The molecule has 2 amide bonds. The van der Waals surface area contributed by atoms with Crippen LogP contribution in [0.25, 0.3) is 27.8 Å². The van der Waals surface area contributed by atoms with E-state index < -0.39 is 0 Å². The van der Waals surface area contributed by atoms with E-state index >= 15 is 0 Å². The Hall–Kier alpha value is -5.17. The van der Waals surface area contributed by atoms with E-state index in [0.29, 0.717) is 19.0 Å². The molecule has 1 aliphatic rings. The van der Waals surface area contributed by atoms with Crippen LogP contribution >= 0.6 is 0 Å². The van der Waals surface area contributed by atoms with Gasteiger partial charge in [-0.1, -0.05) is 60.7 Å². The van der Waals surface area contributed by atoms with Gasteiger partial charge in [-0.25, -0.2) is 4.98 Å². The summed E-state index contributed by atoms with van der Waals surface area (Å²) in [4.78, 5) is 32.7. The molecule has 0 radical (unpaired) electrons. The van der Waals surface area contributed by atoms with Gasteiger partial charge in [-0.3, -0.25) is 9.59 Å². The fourth-order valence-corrected chi connectivity index (χ4v) is 6.07. The molecule has 0 saturated carbocycles. The van der Waals surface area contributed by atoms with Crippen LogP contribution in [0.2, 0.25) is 0 Å². The van der Waals surface area contributed by atoms with Gasteiger partial charge in [-0.15, -0.1) is 0 Å². The van der Waals surface area contributed by atoms with Gasteiger partial charge in [-0.2, -0.15) is 0 Å². The normalized spacial score (nSPS) is 14.0. The van der Waals surface area contributed by atoms with Gasteiger partial charge in [0.2, 0.25) is 5.91 Å². The van der Waals surface area contributed by atoms with Crippen LogP contribution in [0, 0.1) is 0 Å². The standard InChI is InChI=1S/C35H31N5O2/c41-34(23-39-24-36-30-10-4-5-12-32(30)39)37-28-15-13-25(14-16-28)26-17-20-38(21-18-26)35(42)29-22-33(27-8-2-1-3-9-27)40-19-7-6-11-31(29)40/h1-16,19,22,24,26H,17-18,20-21,23H2,(H,37,41). The van der Waals surface area contributed by atoms with Crippen molar-refractivity contribution < 1.29 is 9.59 Å². The van der Waals surface area contributed by atoms with Gasteiger partial charge in [0.15, 0.2) is 0 Å². The number of fused-ring (bicyclic) bond motifs is 2. The van der Waals surface area contributed by atoms with Crippen LogP contribution in [0.5, 0.6) is 0 Å². The van der Waals surface area contributed by atoms with Crippen LogP contribution < -0.4 is 5.32 Å². The lowest BCUT2D eigenvalue weighted by Crippen LogP contribution is -2.37. The number of nitrogens with one attached hydrogen (secondary N) is 1. The minimum absolute atomic E-state index is 0.0862. The predicted octanol–water partition coefficient (Wildman–Crippen LogP) is 6.61. The van der Waals surface area contributed by atoms with E-state index in [-0.39, 0.29) is 18.4 Å². The summed E-state index contributed by atoms with van der Waals surface area (Å²) in [6.45, 7) is 1.64. The van der Waals surface area contributed by atoms with E-state index in [1.54, 1.807) is 6.33 Å². The van der Waals surface area contributed by atoms with Crippen molar-refractivity contribution in [2.45, 2.75) is 25.3 Å². The molecule has 1 saturated heterocycles. The van der Waals surface area contributed by atoms with Crippen molar-refractivity contribution in [1.29, 1.82) is 0 Å². The lowest BCUT2D eigenvalue weighted by atomic mass is 9.89.